The second kappa shape index (κ2) is 8.67. The first kappa shape index (κ1) is 20.2. The molecule has 0 spiro atoms. The summed E-state index contributed by atoms with van der Waals surface area (Å²) < 4.78 is 8.54. The fraction of sp³-hybridized carbons (Fsp3) is 0.200. The Balaban J connectivity index is 1.87. The van der Waals surface area contributed by atoms with Gasteiger partial charge in [-0.25, -0.2) is 4.79 Å². The van der Waals surface area contributed by atoms with Crippen molar-refractivity contribution in [2.75, 3.05) is 10.6 Å². The van der Waals surface area contributed by atoms with E-state index in [0.29, 0.717) is 22.1 Å². The van der Waals surface area contributed by atoms with Gasteiger partial charge in [0, 0.05) is 29.0 Å². The molecule has 2 amide bonds. The van der Waals surface area contributed by atoms with Crippen molar-refractivity contribution in [3.63, 3.8) is 0 Å². The first-order chi connectivity index (χ1) is 13.3. The molecule has 146 valence electrons. The van der Waals surface area contributed by atoms with E-state index in [4.69, 9.17) is 16.3 Å². The van der Waals surface area contributed by atoms with E-state index in [-0.39, 0.29) is 12.1 Å². The van der Waals surface area contributed by atoms with Gasteiger partial charge in [0.1, 0.15) is 5.75 Å². The van der Waals surface area contributed by atoms with Crippen LogP contribution in [0.15, 0.2) is 53.1 Å². The molecule has 3 rings (SSSR count). The molecule has 8 heteroatoms. The maximum atomic E-state index is 12.3. The van der Waals surface area contributed by atoms with Crippen molar-refractivity contribution < 1.29 is 9.53 Å². The quantitative estimate of drug-likeness (QED) is 0.492. The number of halogens is 2. The Morgan fingerprint density at radius 3 is 2.39 bits per heavy atom. The standard InChI is InChI=1S/C20H20BrClN4O2/c1-12(2)28-18-9-8-15(10-16(18)19-17(21)11-23-26(19)3)25-20(27)24-14-6-4-13(22)5-7-14/h4-12H,1-3H3,(H2,24,25,27). The molecule has 6 nitrogen and oxygen atoms in total. The molecular weight excluding hydrogens is 444 g/mol. The van der Waals surface area contributed by atoms with Crippen LogP contribution in [0.5, 0.6) is 5.75 Å². The second-order valence-corrected chi connectivity index (χ2v) is 7.72. The lowest BCUT2D eigenvalue weighted by atomic mass is 10.1. The third-order valence-corrected chi connectivity index (χ3v) is 4.68. The molecule has 0 saturated carbocycles. The maximum Gasteiger partial charge on any atom is 0.323 e. The number of ether oxygens (including phenoxy) is 1. The van der Waals surface area contributed by atoms with E-state index in [1.54, 1.807) is 41.2 Å². The van der Waals surface area contributed by atoms with Gasteiger partial charge >= 0.3 is 6.03 Å². The predicted molar refractivity (Wildman–Crippen MR) is 116 cm³/mol. The number of urea groups is 1. The zero-order valence-corrected chi connectivity index (χ0v) is 18.0. The van der Waals surface area contributed by atoms with E-state index < -0.39 is 0 Å². The molecule has 0 radical (unpaired) electrons. The molecule has 0 fully saturated rings. The van der Waals surface area contributed by atoms with Crippen molar-refractivity contribution in [1.29, 1.82) is 0 Å². The fourth-order valence-electron chi connectivity index (χ4n) is 2.69. The summed E-state index contributed by atoms with van der Waals surface area (Å²) in [5.74, 6) is 0.711. The summed E-state index contributed by atoms with van der Waals surface area (Å²) in [6, 6.07) is 12.1. The van der Waals surface area contributed by atoms with Gasteiger partial charge in [0.25, 0.3) is 0 Å². The van der Waals surface area contributed by atoms with Crippen LogP contribution in [0.2, 0.25) is 5.02 Å². The Labute approximate surface area is 177 Å². The van der Waals surface area contributed by atoms with Crippen LogP contribution in [0.1, 0.15) is 13.8 Å². The molecule has 2 N–H and O–H groups in total. The lowest BCUT2D eigenvalue weighted by molar-refractivity contribution is 0.243. The van der Waals surface area contributed by atoms with Gasteiger partial charge in [-0.2, -0.15) is 5.10 Å². The summed E-state index contributed by atoms with van der Waals surface area (Å²) in [6.45, 7) is 3.93. The van der Waals surface area contributed by atoms with Crippen LogP contribution in [0.4, 0.5) is 16.2 Å². The molecule has 1 aromatic heterocycles. The maximum absolute atomic E-state index is 12.3. The first-order valence-corrected chi connectivity index (χ1v) is 9.82. The smallest absolute Gasteiger partial charge is 0.323 e. The van der Waals surface area contributed by atoms with Crippen LogP contribution < -0.4 is 15.4 Å². The number of amides is 2. The van der Waals surface area contributed by atoms with Gasteiger partial charge in [0.2, 0.25) is 0 Å². The lowest BCUT2D eigenvalue weighted by Gasteiger charge is -2.17. The number of aryl methyl sites for hydroxylation is 1. The minimum atomic E-state index is -0.352. The van der Waals surface area contributed by atoms with Crippen molar-refractivity contribution in [2.45, 2.75) is 20.0 Å². The van der Waals surface area contributed by atoms with Crippen LogP contribution in [0.3, 0.4) is 0 Å². The van der Waals surface area contributed by atoms with E-state index in [2.05, 4.69) is 31.7 Å². The minimum Gasteiger partial charge on any atom is -0.490 e. The highest BCUT2D eigenvalue weighted by Gasteiger charge is 2.17. The van der Waals surface area contributed by atoms with Crippen molar-refractivity contribution in [2.24, 2.45) is 7.05 Å². The molecule has 0 aliphatic carbocycles. The lowest BCUT2D eigenvalue weighted by Crippen LogP contribution is -2.19. The molecule has 1 heterocycles. The fourth-order valence-corrected chi connectivity index (χ4v) is 3.38. The third kappa shape index (κ3) is 4.85. The average molecular weight is 464 g/mol. The predicted octanol–water partition coefficient (Wildman–Crippen LogP) is 5.93. The summed E-state index contributed by atoms with van der Waals surface area (Å²) in [5.41, 5.74) is 2.96. The van der Waals surface area contributed by atoms with Crippen molar-refractivity contribution in [3.05, 3.63) is 58.2 Å². The number of carbonyl (C=O) groups excluding carboxylic acids is 1. The van der Waals surface area contributed by atoms with E-state index in [1.165, 1.54) is 0 Å². The summed E-state index contributed by atoms with van der Waals surface area (Å²) >= 11 is 9.40. The SMILES string of the molecule is CC(C)Oc1ccc(NC(=O)Nc2ccc(Cl)cc2)cc1-c1c(Br)cnn1C. The highest BCUT2D eigenvalue weighted by Crippen LogP contribution is 2.37. The van der Waals surface area contributed by atoms with Gasteiger partial charge < -0.3 is 15.4 Å². The Hall–Kier alpha value is -2.51. The normalized spacial score (nSPS) is 10.8. The van der Waals surface area contributed by atoms with E-state index >= 15 is 0 Å². The molecule has 0 unspecified atom stereocenters. The number of nitrogens with zero attached hydrogens (tertiary/aromatic N) is 2. The van der Waals surface area contributed by atoms with Gasteiger partial charge in [0.15, 0.2) is 0 Å². The molecule has 0 saturated heterocycles. The van der Waals surface area contributed by atoms with E-state index in [9.17, 15) is 4.79 Å². The summed E-state index contributed by atoms with van der Waals surface area (Å²) in [5, 5.41) is 10.5. The van der Waals surface area contributed by atoms with Crippen LogP contribution in [-0.2, 0) is 7.05 Å². The second-order valence-electron chi connectivity index (χ2n) is 6.43. The molecule has 0 aliphatic heterocycles. The number of benzene rings is 2. The molecule has 0 bridgehead atoms. The van der Waals surface area contributed by atoms with Crippen LogP contribution in [0.25, 0.3) is 11.3 Å². The molecule has 2 aromatic carbocycles. The number of nitrogens with one attached hydrogen (secondary N) is 2. The van der Waals surface area contributed by atoms with E-state index in [0.717, 1.165) is 15.7 Å². The Morgan fingerprint density at radius 2 is 1.79 bits per heavy atom. The monoisotopic (exact) mass is 462 g/mol. The highest BCUT2D eigenvalue weighted by molar-refractivity contribution is 9.10. The minimum absolute atomic E-state index is 0.0118. The molecular formula is C20H20BrClN4O2. The summed E-state index contributed by atoms with van der Waals surface area (Å²) in [6.07, 6.45) is 1.74. The largest absolute Gasteiger partial charge is 0.490 e. The number of anilines is 2. The number of hydrogen-bond donors (Lipinski definition) is 2. The Kier molecular flexibility index (Phi) is 6.26. The van der Waals surface area contributed by atoms with Gasteiger partial charge in [-0.3, -0.25) is 4.68 Å². The Morgan fingerprint density at radius 1 is 1.14 bits per heavy atom. The molecule has 0 atom stereocenters. The topological polar surface area (TPSA) is 68.2 Å². The zero-order chi connectivity index (χ0) is 20.3. The highest BCUT2D eigenvalue weighted by atomic mass is 79.9. The number of hydrogen-bond acceptors (Lipinski definition) is 3. The summed E-state index contributed by atoms with van der Waals surface area (Å²) in [4.78, 5) is 12.3. The van der Waals surface area contributed by atoms with Gasteiger partial charge in [0.05, 0.1) is 22.5 Å². The van der Waals surface area contributed by atoms with Crippen molar-refractivity contribution >= 4 is 44.9 Å². The Bertz CT molecular complexity index is 967. The third-order valence-electron chi connectivity index (χ3n) is 3.85. The molecule has 0 aliphatic rings. The van der Waals surface area contributed by atoms with Crippen LogP contribution in [-0.4, -0.2) is 21.9 Å². The van der Waals surface area contributed by atoms with E-state index in [1.807, 2.05) is 33.0 Å². The van der Waals surface area contributed by atoms with Gasteiger partial charge in [-0.1, -0.05) is 11.6 Å². The molecule has 28 heavy (non-hydrogen) atoms. The van der Waals surface area contributed by atoms with Gasteiger partial charge in [-0.05, 0) is 72.2 Å². The summed E-state index contributed by atoms with van der Waals surface area (Å²) in [7, 11) is 1.85. The van der Waals surface area contributed by atoms with Crippen molar-refractivity contribution in [3.8, 4) is 17.0 Å². The van der Waals surface area contributed by atoms with Gasteiger partial charge in [-0.15, -0.1) is 0 Å². The van der Waals surface area contributed by atoms with Crippen molar-refractivity contribution in [1.82, 2.24) is 9.78 Å². The first-order valence-electron chi connectivity index (χ1n) is 8.65. The van der Waals surface area contributed by atoms with Crippen LogP contribution >= 0.6 is 27.5 Å². The number of aromatic nitrogens is 2. The number of carbonyl (C=O) groups is 1. The average Bonchev–Trinajstić information content (AvgIpc) is 2.96. The number of rotatable bonds is 5. The zero-order valence-electron chi connectivity index (χ0n) is 15.7. The molecule has 3 aromatic rings. The van der Waals surface area contributed by atoms with Crippen LogP contribution in [0, 0.1) is 0 Å².